The summed E-state index contributed by atoms with van der Waals surface area (Å²) >= 11 is 10.1. The lowest BCUT2D eigenvalue weighted by atomic mass is 10.3. The van der Waals surface area contributed by atoms with Gasteiger partial charge < -0.3 is 8.58 Å². The van der Waals surface area contributed by atoms with Crippen molar-refractivity contribution in [3.8, 4) is 11.5 Å². The van der Waals surface area contributed by atoms with E-state index in [1.807, 2.05) is 0 Å². The van der Waals surface area contributed by atoms with Crippen molar-refractivity contribution in [3.05, 3.63) is 24.3 Å². The number of hydrogen-bond donors (Lipinski definition) is 0. The molecule has 0 aliphatic rings. The van der Waals surface area contributed by atoms with Crippen molar-refractivity contribution in [1.29, 1.82) is 0 Å². The SMILES string of the molecule is ClOc1ccccc1OCl. The van der Waals surface area contributed by atoms with Crippen LogP contribution in [0.1, 0.15) is 0 Å². The molecule has 0 aliphatic carbocycles. The average molecular weight is 179 g/mol. The Kier molecular flexibility index (Phi) is 2.66. The summed E-state index contributed by atoms with van der Waals surface area (Å²) in [5, 5.41) is 0. The molecule has 0 fully saturated rings. The fourth-order valence-electron chi connectivity index (χ4n) is 0.578. The highest BCUT2D eigenvalue weighted by molar-refractivity contribution is 6.10. The lowest BCUT2D eigenvalue weighted by Crippen LogP contribution is -1.79. The second-order valence-corrected chi connectivity index (χ2v) is 1.91. The molecule has 0 amide bonds. The summed E-state index contributed by atoms with van der Waals surface area (Å²) < 4.78 is 8.80. The van der Waals surface area contributed by atoms with Crippen LogP contribution in [-0.2, 0) is 0 Å². The van der Waals surface area contributed by atoms with Crippen LogP contribution in [0.4, 0.5) is 0 Å². The summed E-state index contributed by atoms with van der Waals surface area (Å²) in [6, 6.07) is 6.81. The number of halogens is 2. The smallest absolute Gasteiger partial charge is 0.190 e. The molecule has 1 aromatic rings. The van der Waals surface area contributed by atoms with Gasteiger partial charge in [0.2, 0.25) is 0 Å². The summed E-state index contributed by atoms with van der Waals surface area (Å²) in [5.74, 6) is 0.804. The van der Waals surface area contributed by atoms with Crippen LogP contribution in [0.15, 0.2) is 24.3 Å². The van der Waals surface area contributed by atoms with Crippen molar-refractivity contribution < 1.29 is 8.58 Å². The van der Waals surface area contributed by atoms with Gasteiger partial charge in [0.05, 0.1) is 0 Å². The monoisotopic (exact) mass is 178 g/mol. The van der Waals surface area contributed by atoms with Crippen LogP contribution in [-0.4, -0.2) is 0 Å². The Morgan fingerprint density at radius 2 is 1.30 bits per heavy atom. The van der Waals surface area contributed by atoms with Crippen molar-refractivity contribution in [2.45, 2.75) is 0 Å². The maximum Gasteiger partial charge on any atom is 0.190 e. The zero-order valence-corrected chi connectivity index (χ0v) is 6.39. The predicted molar refractivity (Wildman–Crippen MR) is 39.4 cm³/mol. The van der Waals surface area contributed by atoms with Gasteiger partial charge in [-0.2, -0.15) is 0 Å². The van der Waals surface area contributed by atoms with E-state index in [9.17, 15) is 0 Å². The number of hydrogen-bond acceptors (Lipinski definition) is 2. The maximum atomic E-state index is 5.07. The third kappa shape index (κ3) is 1.46. The van der Waals surface area contributed by atoms with E-state index in [-0.39, 0.29) is 0 Å². The second-order valence-electron chi connectivity index (χ2n) is 1.60. The molecule has 0 atom stereocenters. The molecule has 0 aliphatic heterocycles. The zero-order valence-electron chi connectivity index (χ0n) is 4.88. The maximum absolute atomic E-state index is 5.07. The third-order valence-electron chi connectivity index (χ3n) is 1.02. The first-order valence-electron chi connectivity index (χ1n) is 2.54. The molecule has 1 rings (SSSR count). The van der Waals surface area contributed by atoms with Gasteiger partial charge in [0, 0.05) is 0 Å². The third-order valence-corrected chi connectivity index (χ3v) is 1.35. The van der Waals surface area contributed by atoms with Crippen molar-refractivity contribution in [2.75, 3.05) is 0 Å². The van der Waals surface area contributed by atoms with Crippen LogP contribution >= 0.6 is 23.7 Å². The lowest BCUT2D eigenvalue weighted by Gasteiger charge is -1.99. The van der Waals surface area contributed by atoms with Gasteiger partial charge in [-0.3, -0.25) is 0 Å². The van der Waals surface area contributed by atoms with Crippen LogP contribution in [0.25, 0.3) is 0 Å². The number of benzene rings is 1. The Morgan fingerprint density at radius 3 is 1.60 bits per heavy atom. The topological polar surface area (TPSA) is 18.5 Å². The summed E-state index contributed by atoms with van der Waals surface area (Å²) in [7, 11) is 0. The minimum atomic E-state index is 0.402. The molecule has 10 heavy (non-hydrogen) atoms. The number of para-hydroxylation sites is 2. The van der Waals surface area contributed by atoms with Crippen LogP contribution in [0, 0.1) is 0 Å². The fraction of sp³-hybridized carbons (Fsp3) is 0. The fourth-order valence-corrected chi connectivity index (χ4v) is 0.833. The Bertz CT molecular complexity index is 192. The van der Waals surface area contributed by atoms with Gasteiger partial charge in [0.25, 0.3) is 0 Å². The van der Waals surface area contributed by atoms with Crippen LogP contribution in [0.5, 0.6) is 11.5 Å². The van der Waals surface area contributed by atoms with Gasteiger partial charge in [-0.15, -0.1) is 0 Å². The highest BCUT2D eigenvalue weighted by Gasteiger charge is 2.00. The average Bonchev–Trinajstić information content (AvgIpc) is 2.04. The first-order valence-corrected chi connectivity index (χ1v) is 3.16. The summed E-state index contributed by atoms with van der Waals surface area (Å²) in [6.45, 7) is 0. The zero-order chi connectivity index (χ0) is 7.40. The van der Waals surface area contributed by atoms with Gasteiger partial charge >= 0.3 is 0 Å². The Balaban J connectivity index is 2.96. The summed E-state index contributed by atoms with van der Waals surface area (Å²) in [5.41, 5.74) is 0. The normalized spacial score (nSPS) is 9.00. The molecule has 1 aromatic carbocycles. The van der Waals surface area contributed by atoms with Crippen LogP contribution < -0.4 is 8.58 Å². The van der Waals surface area contributed by atoms with E-state index in [4.69, 9.17) is 23.7 Å². The summed E-state index contributed by atoms with van der Waals surface area (Å²) in [4.78, 5) is 0. The van der Waals surface area contributed by atoms with E-state index in [1.54, 1.807) is 24.3 Å². The van der Waals surface area contributed by atoms with Gasteiger partial charge in [-0.1, -0.05) is 12.1 Å². The second kappa shape index (κ2) is 3.54. The van der Waals surface area contributed by atoms with Crippen molar-refractivity contribution in [3.63, 3.8) is 0 Å². The molecule has 0 radical (unpaired) electrons. The quantitative estimate of drug-likeness (QED) is 0.694. The molecule has 0 N–H and O–H groups in total. The van der Waals surface area contributed by atoms with Gasteiger partial charge in [-0.25, -0.2) is 0 Å². The predicted octanol–water partition coefficient (Wildman–Crippen LogP) is 2.75. The minimum absolute atomic E-state index is 0.402. The standard InChI is InChI=1S/C6H4Cl2O2/c7-9-5-3-1-2-4-6(5)10-8/h1-4H. The van der Waals surface area contributed by atoms with E-state index in [2.05, 4.69) is 8.58 Å². The molecule has 0 aromatic heterocycles. The van der Waals surface area contributed by atoms with E-state index < -0.39 is 0 Å². The van der Waals surface area contributed by atoms with E-state index in [0.29, 0.717) is 11.5 Å². The molecule has 0 bridgehead atoms. The minimum Gasteiger partial charge on any atom is -0.382 e. The van der Waals surface area contributed by atoms with Gasteiger partial charge in [0.1, 0.15) is 23.7 Å². The molecule has 0 saturated heterocycles. The molecule has 0 unspecified atom stereocenters. The van der Waals surface area contributed by atoms with Crippen molar-refractivity contribution >= 4 is 23.7 Å². The molecule has 0 heterocycles. The Labute approximate surface area is 68.6 Å². The molecular formula is C6H4Cl2O2. The first-order chi connectivity index (χ1) is 4.88. The molecule has 0 spiro atoms. The first kappa shape index (κ1) is 7.51. The molecule has 0 saturated carbocycles. The molecule has 54 valence electrons. The number of rotatable bonds is 2. The van der Waals surface area contributed by atoms with E-state index >= 15 is 0 Å². The molecular weight excluding hydrogens is 175 g/mol. The van der Waals surface area contributed by atoms with Gasteiger partial charge in [-0.05, 0) is 12.1 Å². The van der Waals surface area contributed by atoms with E-state index in [0.717, 1.165) is 0 Å². The Morgan fingerprint density at radius 1 is 0.900 bits per heavy atom. The molecule has 4 heteroatoms. The largest absolute Gasteiger partial charge is 0.382 e. The highest BCUT2D eigenvalue weighted by Crippen LogP contribution is 2.27. The van der Waals surface area contributed by atoms with Crippen molar-refractivity contribution in [1.82, 2.24) is 0 Å². The van der Waals surface area contributed by atoms with Crippen LogP contribution in [0.3, 0.4) is 0 Å². The highest BCUT2D eigenvalue weighted by atomic mass is 35.5. The van der Waals surface area contributed by atoms with Crippen molar-refractivity contribution in [2.24, 2.45) is 0 Å². The molecule has 2 nitrogen and oxygen atoms in total. The van der Waals surface area contributed by atoms with Crippen LogP contribution in [0.2, 0.25) is 0 Å². The summed E-state index contributed by atoms with van der Waals surface area (Å²) in [6.07, 6.45) is 0. The lowest BCUT2D eigenvalue weighted by molar-refractivity contribution is 0.544. The van der Waals surface area contributed by atoms with E-state index in [1.165, 1.54) is 0 Å². The Hall–Kier alpha value is -0.600. The van der Waals surface area contributed by atoms with Gasteiger partial charge in [0.15, 0.2) is 11.5 Å².